The van der Waals surface area contributed by atoms with Crippen molar-refractivity contribution in [3.8, 4) is 11.5 Å². The molecule has 0 aliphatic heterocycles. The molecule has 11 nitrogen and oxygen atoms in total. The van der Waals surface area contributed by atoms with Crippen LogP contribution in [0.3, 0.4) is 0 Å². The molecule has 196 valence electrons. The molecule has 0 fully saturated rings. The molecule has 2 N–H and O–H groups in total. The SMILES string of the molecule is COc1cccc(C(=O)Oc2c(/C=N/NC(=O)c3ccc(NC(=O)C(C)(C)C)cc3)cccc2[N+](=O)[O-])c1. The summed E-state index contributed by atoms with van der Waals surface area (Å²) >= 11 is 0. The standard InChI is InChI=1S/C27H26N4O7/c1-27(2,3)26(34)29-20-13-11-17(12-14-20)24(32)30-28-16-19-8-6-10-22(31(35)36)23(19)38-25(33)18-7-5-9-21(15-18)37-4/h5-16H,1-4H3,(H,29,34)(H,30,32)/b28-16+. The minimum absolute atomic E-state index is 0.0935. The monoisotopic (exact) mass is 518 g/mol. The number of hydrazone groups is 1. The van der Waals surface area contributed by atoms with E-state index in [9.17, 15) is 24.5 Å². The molecule has 0 bridgehead atoms. The van der Waals surface area contributed by atoms with Gasteiger partial charge in [0.2, 0.25) is 11.7 Å². The number of amides is 2. The summed E-state index contributed by atoms with van der Waals surface area (Å²) in [4.78, 5) is 48.2. The number of esters is 1. The van der Waals surface area contributed by atoms with E-state index in [-0.39, 0.29) is 28.3 Å². The quantitative estimate of drug-likeness (QED) is 0.146. The van der Waals surface area contributed by atoms with Crippen LogP contribution in [0.2, 0.25) is 0 Å². The molecule has 3 aromatic carbocycles. The second-order valence-corrected chi connectivity index (χ2v) is 9.05. The van der Waals surface area contributed by atoms with E-state index in [2.05, 4.69) is 15.8 Å². The second-order valence-electron chi connectivity index (χ2n) is 9.05. The van der Waals surface area contributed by atoms with Gasteiger partial charge in [0, 0.05) is 28.3 Å². The molecule has 38 heavy (non-hydrogen) atoms. The van der Waals surface area contributed by atoms with Crippen LogP contribution in [-0.4, -0.2) is 36.0 Å². The van der Waals surface area contributed by atoms with Gasteiger partial charge in [0.05, 0.1) is 23.8 Å². The maximum absolute atomic E-state index is 12.7. The number of rotatable bonds is 8. The Balaban J connectivity index is 1.75. The van der Waals surface area contributed by atoms with Crippen molar-refractivity contribution in [1.29, 1.82) is 0 Å². The minimum atomic E-state index is -0.837. The van der Waals surface area contributed by atoms with Crippen LogP contribution in [0.1, 0.15) is 47.1 Å². The minimum Gasteiger partial charge on any atom is -0.497 e. The normalized spacial score (nSPS) is 11.1. The number of benzene rings is 3. The first kappa shape index (κ1) is 27.5. The van der Waals surface area contributed by atoms with E-state index in [0.29, 0.717) is 11.4 Å². The van der Waals surface area contributed by atoms with Gasteiger partial charge in [-0.2, -0.15) is 5.10 Å². The predicted molar refractivity (Wildman–Crippen MR) is 141 cm³/mol. The third-order valence-electron chi connectivity index (χ3n) is 5.18. The molecule has 0 saturated carbocycles. The zero-order chi connectivity index (χ0) is 27.9. The van der Waals surface area contributed by atoms with Gasteiger partial charge in [-0.25, -0.2) is 10.2 Å². The van der Waals surface area contributed by atoms with Gasteiger partial charge >= 0.3 is 11.7 Å². The number of nitro benzene ring substituents is 1. The van der Waals surface area contributed by atoms with Crippen LogP contribution in [-0.2, 0) is 4.79 Å². The Morgan fingerprint density at radius 1 is 0.974 bits per heavy atom. The molecular weight excluding hydrogens is 492 g/mol. The number of hydrogen-bond donors (Lipinski definition) is 2. The van der Waals surface area contributed by atoms with Crippen LogP contribution in [0.25, 0.3) is 0 Å². The maximum atomic E-state index is 12.7. The van der Waals surface area contributed by atoms with Crippen molar-refractivity contribution in [2.24, 2.45) is 10.5 Å². The third kappa shape index (κ3) is 7.00. The van der Waals surface area contributed by atoms with Gasteiger partial charge < -0.3 is 14.8 Å². The highest BCUT2D eigenvalue weighted by atomic mass is 16.6. The van der Waals surface area contributed by atoms with Crippen molar-refractivity contribution in [2.75, 3.05) is 12.4 Å². The van der Waals surface area contributed by atoms with Crippen molar-refractivity contribution in [3.63, 3.8) is 0 Å². The summed E-state index contributed by atoms with van der Waals surface area (Å²) in [6.45, 7) is 5.36. The number of ether oxygens (including phenoxy) is 2. The number of carbonyl (C=O) groups is 3. The van der Waals surface area contributed by atoms with Crippen LogP contribution in [0, 0.1) is 15.5 Å². The fraction of sp³-hybridized carbons (Fsp3) is 0.185. The zero-order valence-corrected chi connectivity index (χ0v) is 21.2. The van der Waals surface area contributed by atoms with Gasteiger partial charge in [0.1, 0.15) is 5.75 Å². The molecule has 0 aromatic heterocycles. The van der Waals surface area contributed by atoms with E-state index in [1.807, 2.05) is 0 Å². The van der Waals surface area contributed by atoms with Crippen molar-refractivity contribution < 1.29 is 28.8 Å². The molecule has 11 heteroatoms. The third-order valence-corrected chi connectivity index (χ3v) is 5.18. The lowest BCUT2D eigenvalue weighted by atomic mass is 9.95. The molecule has 0 unspecified atom stereocenters. The largest absolute Gasteiger partial charge is 0.497 e. The average molecular weight is 519 g/mol. The molecule has 0 spiro atoms. The molecule has 0 aliphatic carbocycles. The van der Waals surface area contributed by atoms with E-state index in [0.717, 1.165) is 6.21 Å². The van der Waals surface area contributed by atoms with Crippen molar-refractivity contribution in [3.05, 3.63) is 93.5 Å². The molecule has 3 rings (SSSR count). The molecule has 0 heterocycles. The number of anilines is 1. The maximum Gasteiger partial charge on any atom is 0.343 e. The summed E-state index contributed by atoms with van der Waals surface area (Å²) in [6, 6.07) is 16.4. The first-order valence-corrected chi connectivity index (χ1v) is 11.4. The van der Waals surface area contributed by atoms with Crippen molar-refractivity contribution >= 4 is 35.4 Å². The second kappa shape index (κ2) is 11.8. The molecule has 0 atom stereocenters. The number of methoxy groups -OCH3 is 1. The van der Waals surface area contributed by atoms with Crippen molar-refractivity contribution in [2.45, 2.75) is 20.8 Å². The van der Waals surface area contributed by atoms with Gasteiger partial charge in [-0.3, -0.25) is 19.7 Å². The number of nitrogens with one attached hydrogen (secondary N) is 2. The molecule has 0 radical (unpaired) electrons. The summed E-state index contributed by atoms with van der Waals surface area (Å²) < 4.78 is 10.5. The summed E-state index contributed by atoms with van der Waals surface area (Å²) in [5, 5.41) is 18.2. The first-order chi connectivity index (χ1) is 18.0. The summed E-state index contributed by atoms with van der Waals surface area (Å²) in [7, 11) is 1.44. The Bertz CT molecular complexity index is 1390. The van der Waals surface area contributed by atoms with Crippen LogP contribution in [0.4, 0.5) is 11.4 Å². The number of nitro groups is 1. The van der Waals surface area contributed by atoms with E-state index >= 15 is 0 Å². The lowest BCUT2D eigenvalue weighted by Crippen LogP contribution is -2.27. The zero-order valence-electron chi connectivity index (χ0n) is 21.2. The van der Waals surface area contributed by atoms with E-state index in [1.165, 1.54) is 49.6 Å². The van der Waals surface area contributed by atoms with Gasteiger partial charge in [-0.05, 0) is 48.5 Å². The van der Waals surface area contributed by atoms with E-state index in [1.54, 1.807) is 45.0 Å². The van der Waals surface area contributed by atoms with Crippen molar-refractivity contribution in [1.82, 2.24) is 5.43 Å². The molecule has 3 aromatic rings. The molecule has 0 saturated heterocycles. The average Bonchev–Trinajstić information content (AvgIpc) is 2.89. The Morgan fingerprint density at radius 2 is 1.66 bits per heavy atom. The predicted octanol–water partition coefficient (Wildman–Crippen LogP) is 4.57. The molecular formula is C27H26N4O7. The topological polar surface area (TPSA) is 149 Å². The van der Waals surface area contributed by atoms with Crippen LogP contribution >= 0.6 is 0 Å². The fourth-order valence-electron chi connectivity index (χ4n) is 3.05. The highest BCUT2D eigenvalue weighted by Gasteiger charge is 2.23. The number of para-hydroxylation sites is 1. The summed E-state index contributed by atoms with van der Waals surface area (Å²) in [5.74, 6) is -1.48. The fourth-order valence-corrected chi connectivity index (χ4v) is 3.05. The Hall–Kier alpha value is -5.06. The number of nitrogens with zero attached hydrogens (tertiary/aromatic N) is 2. The van der Waals surface area contributed by atoms with Crippen LogP contribution in [0.5, 0.6) is 11.5 Å². The highest BCUT2D eigenvalue weighted by Crippen LogP contribution is 2.31. The highest BCUT2D eigenvalue weighted by molar-refractivity contribution is 5.98. The van der Waals surface area contributed by atoms with Crippen LogP contribution in [0.15, 0.2) is 71.8 Å². The smallest absolute Gasteiger partial charge is 0.343 e. The lowest BCUT2D eigenvalue weighted by molar-refractivity contribution is -0.385. The Labute approximate surface area is 218 Å². The van der Waals surface area contributed by atoms with Crippen LogP contribution < -0.4 is 20.2 Å². The molecule has 0 aliphatic rings. The Morgan fingerprint density at radius 3 is 2.29 bits per heavy atom. The number of hydrogen-bond acceptors (Lipinski definition) is 8. The molecule has 2 amide bonds. The first-order valence-electron chi connectivity index (χ1n) is 11.4. The van der Waals surface area contributed by atoms with E-state index in [4.69, 9.17) is 9.47 Å². The lowest BCUT2D eigenvalue weighted by Gasteiger charge is -2.17. The van der Waals surface area contributed by atoms with Gasteiger partial charge in [0.25, 0.3) is 5.91 Å². The van der Waals surface area contributed by atoms with Gasteiger partial charge in [0.15, 0.2) is 0 Å². The van der Waals surface area contributed by atoms with Gasteiger partial charge in [-0.1, -0.05) is 32.9 Å². The number of carbonyl (C=O) groups excluding carboxylic acids is 3. The Kier molecular flexibility index (Phi) is 8.54. The summed E-state index contributed by atoms with van der Waals surface area (Å²) in [5.41, 5.74) is 2.31. The summed E-state index contributed by atoms with van der Waals surface area (Å²) in [6.07, 6.45) is 1.14. The van der Waals surface area contributed by atoms with Gasteiger partial charge in [-0.15, -0.1) is 0 Å². The van der Waals surface area contributed by atoms with E-state index < -0.39 is 27.9 Å².